The van der Waals surface area contributed by atoms with E-state index in [0.29, 0.717) is 0 Å². The molecule has 1 aliphatic rings. The van der Waals surface area contributed by atoms with Gasteiger partial charge in [0.25, 0.3) is 0 Å². The molecule has 1 aliphatic heterocycles. The van der Waals surface area contributed by atoms with Crippen LogP contribution in [-0.4, -0.2) is 5.84 Å². The van der Waals surface area contributed by atoms with Crippen LogP contribution in [0.25, 0.3) is 32.7 Å². The van der Waals surface area contributed by atoms with Gasteiger partial charge in [-0.05, 0) is 55.9 Å². The number of amidine groups is 1. The summed E-state index contributed by atoms with van der Waals surface area (Å²) < 4.78 is 0. The number of rotatable bonds is 4. The maximum atomic E-state index is 5.25. The SMILES string of the molecule is c1ccc(-c2ccc3cccc(C4=NC(c5ccc6ccccc6c5)NC(c5ccccc5)N4)c3c2)cc1. The molecular formula is C35H27N3. The number of nitrogens with one attached hydrogen (secondary N) is 2. The maximum absolute atomic E-state index is 5.25. The Morgan fingerprint density at radius 2 is 1.21 bits per heavy atom. The molecule has 0 amide bonds. The van der Waals surface area contributed by atoms with Crippen LogP contribution in [0.2, 0.25) is 0 Å². The van der Waals surface area contributed by atoms with Gasteiger partial charge in [-0.25, -0.2) is 4.99 Å². The van der Waals surface area contributed by atoms with E-state index in [1.807, 2.05) is 0 Å². The van der Waals surface area contributed by atoms with Gasteiger partial charge < -0.3 is 5.32 Å². The van der Waals surface area contributed by atoms with Gasteiger partial charge in [0.05, 0.1) is 0 Å². The Labute approximate surface area is 222 Å². The van der Waals surface area contributed by atoms with Crippen molar-refractivity contribution in [1.29, 1.82) is 0 Å². The van der Waals surface area contributed by atoms with Crippen molar-refractivity contribution in [2.45, 2.75) is 12.3 Å². The lowest BCUT2D eigenvalue weighted by Gasteiger charge is -2.32. The lowest BCUT2D eigenvalue weighted by molar-refractivity contribution is 0.409. The Morgan fingerprint density at radius 3 is 2.05 bits per heavy atom. The van der Waals surface area contributed by atoms with E-state index in [2.05, 4.69) is 150 Å². The van der Waals surface area contributed by atoms with Gasteiger partial charge in [0.1, 0.15) is 18.2 Å². The van der Waals surface area contributed by atoms with Crippen LogP contribution in [-0.2, 0) is 0 Å². The molecule has 1 heterocycles. The third-order valence-corrected chi connectivity index (χ3v) is 7.33. The van der Waals surface area contributed by atoms with Crippen LogP contribution in [0.4, 0.5) is 0 Å². The fraction of sp³-hybridized carbons (Fsp3) is 0.0571. The minimum absolute atomic E-state index is 0.0762. The van der Waals surface area contributed by atoms with E-state index in [1.54, 1.807) is 0 Å². The zero-order valence-corrected chi connectivity index (χ0v) is 20.9. The van der Waals surface area contributed by atoms with Crippen LogP contribution in [0, 0.1) is 0 Å². The lowest BCUT2D eigenvalue weighted by atomic mass is 9.97. The largest absolute Gasteiger partial charge is 0.350 e. The van der Waals surface area contributed by atoms with Gasteiger partial charge in [-0.2, -0.15) is 0 Å². The predicted octanol–water partition coefficient (Wildman–Crippen LogP) is 8.00. The number of benzene rings is 6. The third-order valence-electron chi connectivity index (χ3n) is 7.33. The predicted molar refractivity (Wildman–Crippen MR) is 158 cm³/mol. The topological polar surface area (TPSA) is 36.4 Å². The van der Waals surface area contributed by atoms with Crippen LogP contribution in [0.15, 0.2) is 145 Å². The Hall–Kier alpha value is -4.73. The molecule has 0 aliphatic carbocycles. The monoisotopic (exact) mass is 489 g/mol. The fourth-order valence-corrected chi connectivity index (χ4v) is 5.35. The zero-order chi connectivity index (χ0) is 25.3. The molecule has 0 saturated carbocycles. The van der Waals surface area contributed by atoms with Gasteiger partial charge in [-0.1, -0.05) is 127 Å². The summed E-state index contributed by atoms with van der Waals surface area (Å²) in [6.07, 6.45) is -0.263. The second-order valence-electron chi connectivity index (χ2n) is 9.75. The minimum Gasteiger partial charge on any atom is -0.350 e. The van der Waals surface area contributed by atoms with Gasteiger partial charge in [-0.15, -0.1) is 0 Å². The Bertz CT molecular complexity index is 1770. The molecule has 6 aromatic rings. The Morgan fingerprint density at radius 1 is 0.500 bits per heavy atom. The molecule has 2 unspecified atom stereocenters. The second-order valence-corrected chi connectivity index (χ2v) is 9.75. The first-order valence-electron chi connectivity index (χ1n) is 13.0. The minimum atomic E-state index is -0.186. The van der Waals surface area contributed by atoms with Crippen molar-refractivity contribution < 1.29 is 0 Å². The molecule has 0 fully saturated rings. The third kappa shape index (κ3) is 4.23. The molecule has 7 rings (SSSR count). The first-order valence-corrected chi connectivity index (χ1v) is 13.0. The highest BCUT2D eigenvalue weighted by molar-refractivity contribution is 6.11. The zero-order valence-electron chi connectivity index (χ0n) is 20.9. The Balaban J connectivity index is 1.37. The first-order chi connectivity index (χ1) is 18.8. The molecule has 182 valence electrons. The van der Waals surface area contributed by atoms with Crippen molar-refractivity contribution in [3.05, 3.63) is 156 Å². The fourth-order valence-electron chi connectivity index (χ4n) is 5.35. The molecule has 0 spiro atoms. The van der Waals surface area contributed by atoms with E-state index in [-0.39, 0.29) is 12.3 Å². The van der Waals surface area contributed by atoms with E-state index in [0.717, 1.165) is 17.0 Å². The van der Waals surface area contributed by atoms with Crippen molar-refractivity contribution in [3.8, 4) is 11.1 Å². The first kappa shape index (κ1) is 22.5. The molecule has 3 heteroatoms. The highest BCUT2D eigenvalue weighted by Gasteiger charge is 2.26. The number of hydrogen-bond acceptors (Lipinski definition) is 3. The molecular weight excluding hydrogens is 462 g/mol. The van der Waals surface area contributed by atoms with Gasteiger partial charge in [0.15, 0.2) is 0 Å². The summed E-state index contributed by atoms with van der Waals surface area (Å²) in [7, 11) is 0. The van der Waals surface area contributed by atoms with E-state index in [9.17, 15) is 0 Å². The van der Waals surface area contributed by atoms with E-state index in [4.69, 9.17) is 4.99 Å². The molecule has 0 radical (unpaired) electrons. The molecule has 3 nitrogen and oxygen atoms in total. The highest BCUT2D eigenvalue weighted by Crippen LogP contribution is 2.31. The van der Waals surface area contributed by atoms with Crippen molar-refractivity contribution >= 4 is 27.4 Å². The molecule has 6 aromatic carbocycles. The number of nitrogens with zero attached hydrogens (tertiary/aromatic N) is 1. The quantitative estimate of drug-likeness (QED) is 0.263. The standard InChI is InChI=1S/C35H27N3/c1-3-10-24(11-4-1)29-20-19-26-16-9-17-31(32(26)23-29)35-37-33(27-13-5-2-6-14-27)36-34(38-35)30-21-18-25-12-7-8-15-28(25)22-30/h1-23,33-34,36H,(H,37,38). The Kier molecular flexibility index (Phi) is 5.69. The van der Waals surface area contributed by atoms with Crippen LogP contribution >= 0.6 is 0 Å². The number of fused-ring (bicyclic) bond motifs is 2. The van der Waals surface area contributed by atoms with Crippen LogP contribution in [0.3, 0.4) is 0 Å². The normalized spacial score (nSPS) is 17.2. The van der Waals surface area contributed by atoms with E-state index < -0.39 is 0 Å². The second kappa shape index (κ2) is 9.62. The smallest absolute Gasteiger partial charge is 0.132 e. The van der Waals surface area contributed by atoms with Gasteiger partial charge in [0.2, 0.25) is 0 Å². The van der Waals surface area contributed by atoms with Crippen molar-refractivity contribution in [2.75, 3.05) is 0 Å². The molecule has 0 saturated heterocycles. The summed E-state index contributed by atoms with van der Waals surface area (Å²) in [6.45, 7) is 0. The lowest BCUT2D eigenvalue weighted by Crippen LogP contribution is -2.45. The summed E-state index contributed by atoms with van der Waals surface area (Å²) in [5.74, 6) is 0.895. The van der Waals surface area contributed by atoms with Gasteiger partial charge >= 0.3 is 0 Å². The van der Waals surface area contributed by atoms with Crippen molar-refractivity contribution in [1.82, 2.24) is 10.6 Å². The maximum Gasteiger partial charge on any atom is 0.132 e. The molecule has 0 bridgehead atoms. The van der Waals surface area contributed by atoms with Crippen LogP contribution in [0.1, 0.15) is 29.0 Å². The highest BCUT2D eigenvalue weighted by atomic mass is 15.3. The van der Waals surface area contributed by atoms with Crippen LogP contribution in [0.5, 0.6) is 0 Å². The summed E-state index contributed by atoms with van der Waals surface area (Å²) in [5, 5.41) is 12.3. The number of aliphatic imine (C=N–C) groups is 1. The van der Waals surface area contributed by atoms with Crippen LogP contribution < -0.4 is 10.6 Å². The van der Waals surface area contributed by atoms with Crippen molar-refractivity contribution in [2.24, 2.45) is 4.99 Å². The number of hydrogen-bond donors (Lipinski definition) is 2. The average molecular weight is 490 g/mol. The van der Waals surface area contributed by atoms with Gasteiger partial charge in [0, 0.05) is 5.56 Å². The molecule has 2 atom stereocenters. The molecule has 38 heavy (non-hydrogen) atoms. The summed E-state index contributed by atoms with van der Waals surface area (Å²) >= 11 is 0. The van der Waals surface area contributed by atoms with E-state index >= 15 is 0 Å². The van der Waals surface area contributed by atoms with Gasteiger partial charge in [-0.3, -0.25) is 5.32 Å². The summed E-state index contributed by atoms with van der Waals surface area (Å²) in [4.78, 5) is 5.25. The molecule has 2 N–H and O–H groups in total. The molecule has 0 aromatic heterocycles. The van der Waals surface area contributed by atoms with Crippen molar-refractivity contribution in [3.63, 3.8) is 0 Å². The summed E-state index contributed by atoms with van der Waals surface area (Å²) in [6, 6.07) is 49.3. The van der Waals surface area contributed by atoms with E-state index in [1.165, 1.54) is 38.2 Å². The average Bonchev–Trinajstić information content (AvgIpc) is 3.01. The summed E-state index contributed by atoms with van der Waals surface area (Å²) in [5.41, 5.74) is 5.84.